The van der Waals surface area contributed by atoms with Crippen molar-refractivity contribution in [2.75, 3.05) is 39.8 Å². The summed E-state index contributed by atoms with van der Waals surface area (Å²) in [6.45, 7) is 4.58. The largest absolute Gasteiger partial charge is 0.497 e. The Morgan fingerprint density at radius 3 is 2.38 bits per heavy atom. The molecule has 1 atom stereocenters. The van der Waals surface area contributed by atoms with Crippen LogP contribution in [0, 0.1) is 11.3 Å². The first-order valence-corrected chi connectivity index (χ1v) is 10.6. The molecule has 0 aliphatic carbocycles. The Kier molecular flexibility index (Phi) is 6.12. The number of ether oxygens (including phenoxy) is 1. The Bertz CT molecular complexity index is 1260. The van der Waals surface area contributed by atoms with E-state index in [4.69, 9.17) is 4.74 Å². The standard InChI is InChI=1S/C22H27N7O3/c1-25-20-19(21(30)26(2)22(25)31)29(15-24-20)13-10-27-8-11-28(12-9-27)18(14-23)16-4-6-17(32-3)7-5-16/h4-7,15,18H,8-13H2,1-3H3/t18-/m0/s1. The lowest BCUT2D eigenvalue weighted by Gasteiger charge is -2.37. The van der Waals surface area contributed by atoms with Gasteiger partial charge in [0, 0.05) is 53.4 Å². The molecular weight excluding hydrogens is 410 g/mol. The maximum atomic E-state index is 12.6. The molecule has 10 heteroatoms. The monoisotopic (exact) mass is 437 g/mol. The first-order chi connectivity index (χ1) is 15.4. The number of aryl methyl sites for hydroxylation is 1. The number of nitrogens with zero attached hydrogens (tertiary/aromatic N) is 7. The molecule has 1 aromatic carbocycles. The number of benzene rings is 1. The van der Waals surface area contributed by atoms with Gasteiger partial charge < -0.3 is 9.30 Å². The van der Waals surface area contributed by atoms with Gasteiger partial charge in [0.2, 0.25) is 0 Å². The molecule has 0 N–H and O–H groups in total. The topological polar surface area (TPSA) is 101 Å². The van der Waals surface area contributed by atoms with Crippen LogP contribution in [-0.2, 0) is 20.6 Å². The van der Waals surface area contributed by atoms with Gasteiger partial charge in [0.15, 0.2) is 11.2 Å². The summed E-state index contributed by atoms with van der Waals surface area (Å²) >= 11 is 0. The van der Waals surface area contributed by atoms with Crippen molar-refractivity contribution >= 4 is 11.2 Å². The van der Waals surface area contributed by atoms with Crippen LogP contribution in [0.3, 0.4) is 0 Å². The smallest absolute Gasteiger partial charge is 0.332 e. The van der Waals surface area contributed by atoms with E-state index in [0.717, 1.165) is 48.6 Å². The summed E-state index contributed by atoms with van der Waals surface area (Å²) < 4.78 is 9.53. The fourth-order valence-electron chi connectivity index (χ4n) is 4.21. The Morgan fingerprint density at radius 2 is 1.75 bits per heavy atom. The predicted octanol–water partition coefficient (Wildman–Crippen LogP) is 0.325. The van der Waals surface area contributed by atoms with E-state index in [1.165, 1.54) is 11.6 Å². The van der Waals surface area contributed by atoms with Crippen LogP contribution >= 0.6 is 0 Å². The number of fused-ring (bicyclic) bond motifs is 1. The quantitative estimate of drug-likeness (QED) is 0.548. The van der Waals surface area contributed by atoms with Crippen molar-refractivity contribution < 1.29 is 4.74 Å². The lowest BCUT2D eigenvalue weighted by Crippen LogP contribution is -2.48. The van der Waals surface area contributed by atoms with Gasteiger partial charge in [-0.05, 0) is 17.7 Å². The van der Waals surface area contributed by atoms with Crippen molar-refractivity contribution in [2.24, 2.45) is 14.1 Å². The molecule has 168 valence electrons. The Balaban J connectivity index is 1.40. The molecule has 3 aromatic rings. The van der Waals surface area contributed by atoms with Crippen LogP contribution < -0.4 is 16.0 Å². The molecule has 1 aliphatic rings. The lowest BCUT2D eigenvalue weighted by atomic mass is 10.1. The second-order valence-corrected chi connectivity index (χ2v) is 8.00. The number of imidazole rings is 1. The number of aromatic nitrogens is 4. The van der Waals surface area contributed by atoms with Gasteiger partial charge in [0.05, 0.1) is 19.5 Å². The molecule has 0 amide bonds. The SMILES string of the molecule is COc1ccc([C@H](C#N)N2CCN(CCn3cnc4c3c(=O)n(C)c(=O)n4C)CC2)cc1. The van der Waals surface area contributed by atoms with Crippen molar-refractivity contribution in [3.63, 3.8) is 0 Å². The van der Waals surface area contributed by atoms with E-state index in [2.05, 4.69) is 20.9 Å². The average molecular weight is 438 g/mol. The first kappa shape index (κ1) is 21.8. The van der Waals surface area contributed by atoms with E-state index in [1.54, 1.807) is 20.5 Å². The van der Waals surface area contributed by atoms with Crippen LogP contribution in [-0.4, -0.2) is 68.3 Å². The molecule has 1 aliphatic heterocycles. The summed E-state index contributed by atoms with van der Waals surface area (Å²) in [7, 11) is 4.73. The average Bonchev–Trinajstić information content (AvgIpc) is 3.26. The van der Waals surface area contributed by atoms with Gasteiger partial charge in [-0.15, -0.1) is 0 Å². The third kappa shape index (κ3) is 3.92. The molecule has 0 radical (unpaired) electrons. The highest BCUT2D eigenvalue weighted by Gasteiger charge is 2.25. The van der Waals surface area contributed by atoms with Crippen LogP contribution in [0.1, 0.15) is 11.6 Å². The number of hydrogen-bond donors (Lipinski definition) is 0. The summed E-state index contributed by atoms with van der Waals surface area (Å²) in [5.41, 5.74) is 1.10. The molecule has 0 spiro atoms. The Hall–Kier alpha value is -3.42. The number of methoxy groups -OCH3 is 1. The van der Waals surface area contributed by atoms with Crippen LogP contribution in [0.4, 0.5) is 0 Å². The molecular formula is C22H27N7O3. The van der Waals surface area contributed by atoms with Crippen LogP contribution in [0.25, 0.3) is 11.2 Å². The minimum Gasteiger partial charge on any atom is -0.497 e. The number of piperazine rings is 1. The zero-order chi connectivity index (χ0) is 22.8. The fourth-order valence-corrected chi connectivity index (χ4v) is 4.21. The van der Waals surface area contributed by atoms with Gasteiger partial charge in [0.1, 0.15) is 11.8 Å². The predicted molar refractivity (Wildman–Crippen MR) is 120 cm³/mol. The molecule has 0 bridgehead atoms. The molecule has 10 nitrogen and oxygen atoms in total. The lowest BCUT2D eigenvalue weighted by molar-refractivity contribution is 0.112. The van der Waals surface area contributed by atoms with Crippen molar-refractivity contribution in [1.82, 2.24) is 28.5 Å². The van der Waals surface area contributed by atoms with Crippen molar-refractivity contribution in [3.05, 3.63) is 57.0 Å². The van der Waals surface area contributed by atoms with Gasteiger partial charge in [-0.2, -0.15) is 5.26 Å². The zero-order valence-electron chi connectivity index (χ0n) is 18.6. The minimum absolute atomic E-state index is 0.287. The molecule has 3 heterocycles. The molecule has 1 saturated heterocycles. The third-order valence-electron chi connectivity index (χ3n) is 6.20. The highest BCUT2D eigenvalue weighted by molar-refractivity contribution is 5.69. The summed E-state index contributed by atoms with van der Waals surface area (Å²) in [4.78, 5) is 33.5. The van der Waals surface area contributed by atoms with Crippen LogP contribution in [0.15, 0.2) is 40.2 Å². The maximum absolute atomic E-state index is 12.6. The summed E-state index contributed by atoms with van der Waals surface area (Å²) in [5, 5.41) is 9.74. The zero-order valence-corrected chi connectivity index (χ0v) is 18.6. The summed E-state index contributed by atoms with van der Waals surface area (Å²) in [6.07, 6.45) is 1.62. The van der Waals surface area contributed by atoms with E-state index in [-0.39, 0.29) is 17.3 Å². The molecule has 32 heavy (non-hydrogen) atoms. The van der Waals surface area contributed by atoms with E-state index in [1.807, 2.05) is 28.8 Å². The Labute approximate surface area is 185 Å². The number of rotatable bonds is 6. The van der Waals surface area contributed by atoms with Gasteiger partial charge in [-0.1, -0.05) is 12.1 Å². The van der Waals surface area contributed by atoms with Crippen molar-refractivity contribution in [1.29, 1.82) is 5.26 Å². The molecule has 4 rings (SSSR count). The third-order valence-corrected chi connectivity index (χ3v) is 6.20. The van der Waals surface area contributed by atoms with Gasteiger partial charge >= 0.3 is 5.69 Å². The second kappa shape index (κ2) is 8.98. The molecule has 0 saturated carbocycles. The van der Waals surface area contributed by atoms with E-state index in [9.17, 15) is 14.9 Å². The molecule has 2 aromatic heterocycles. The highest BCUT2D eigenvalue weighted by Crippen LogP contribution is 2.23. The number of nitriles is 1. The second-order valence-electron chi connectivity index (χ2n) is 8.00. The van der Waals surface area contributed by atoms with Crippen molar-refractivity contribution in [3.8, 4) is 11.8 Å². The molecule has 0 unspecified atom stereocenters. The minimum atomic E-state index is -0.382. The Morgan fingerprint density at radius 1 is 1.06 bits per heavy atom. The highest BCUT2D eigenvalue weighted by atomic mass is 16.5. The van der Waals surface area contributed by atoms with E-state index >= 15 is 0 Å². The van der Waals surface area contributed by atoms with E-state index < -0.39 is 0 Å². The maximum Gasteiger partial charge on any atom is 0.332 e. The van der Waals surface area contributed by atoms with Gasteiger partial charge in [-0.3, -0.25) is 23.7 Å². The van der Waals surface area contributed by atoms with Crippen LogP contribution in [0.2, 0.25) is 0 Å². The normalized spacial score (nSPS) is 16.2. The van der Waals surface area contributed by atoms with Gasteiger partial charge in [-0.25, -0.2) is 9.78 Å². The van der Waals surface area contributed by atoms with Crippen molar-refractivity contribution in [2.45, 2.75) is 12.6 Å². The summed E-state index contributed by atoms with van der Waals surface area (Å²) in [6, 6.07) is 9.78. The van der Waals surface area contributed by atoms with Crippen LogP contribution in [0.5, 0.6) is 5.75 Å². The summed E-state index contributed by atoms with van der Waals surface area (Å²) in [5.74, 6) is 0.775. The first-order valence-electron chi connectivity index (χ1n) is 10.6. The fraction of sp³-hybridized carbons (Fsp3) is 0.455. The molecule has 1 fully saturated rings. The van der Waals surface area contributed by atoms with E-state index in [0.29, 0.717) is 17.7 Å². The van der Waals surface area contributed by atoms with Gasteiger partial charge in [0.25, 0.3) is 5.56 Å². The number of hydrogen-bond acceptors (Lipinski definition) is 7.